The van der Waals surface area contributed by atoms with Crippen molar-refractivity contribution in [2.75, 3.05) is 43.5 Å². The van der Waals surface area contributed by atoms with E-state index in [1.807, 2.05) is 4.90 Å². The van der Waals surface area contributed by atoms with E-state index in [4.69, 9.17) is 4.74 Å². The number of para-hydroxylation sites is 1. The molecule has 2 aromatic carbocycles. The number of ether oxygens (including phenoxy) is 1. The summed E-state index contributed by atoms with van der Waals surface area (Å²) in [6, 6.07) is 13.1. The number of carbonyl (C=O) groups excluding carboxylic acids is 1. The van der Waals surface area contributed by atoms with Gasteiger partial charge < -0.3 is 15.0 Å². The van der Waals surface area contributed by atoms with Crippen LogP contribution in [0.15, 0.2) is 72.0 Å². The van der Waals surface area contributed by atoms with Gasteiger partial charge in [0.2, 0.25) is 10.0 Å². The standard InChI is InChI=1S/C22H23N5O4S/c1-31-20-5-3-2-4-19(20)22(28)25-17-6-8-18(9-7-17)32(29,30)27-14-12-26(13-15-27)21-16-23-10-11-24-21/h2-11,16H,12-15H2,1H3,(H,25,28). The van der Waals surface area contributed by atoms with E-state index in [9.17, 15) is 13.2 Å². The number of nitrogens with one attached hydrogen (secondary N) is 1. The number of nitrogens with zero attached hydrogens (tertiary/aromatic N) is 4. The molecule has 0 unspecified atom stereocenters. The molecule has 3 aromatic rings. The maximum absolute atomic E-state index is 13.0. The van der Waals surface area contributed by atoms with Crippen LogP contribution in [0.25, 0.3) is 0 Å². The molecule has 0 atom stereocenters. The predicted molar refractivity (Wildman–Crippen MR) is 120 cm³/mol. The first-order valence-corrected chi connectivity index (χ1v) is 11.5. The fourth-order valence-electron chi connectivity index (χ4n) is 3.50. The molecule has 32 heavy (non-hydrogen) atoms. The van der Waals surface area contributed by atoms with E-state index in [-0.39, 0.29) is 10.8 Å². The third-order valence-electron chi connectivity index (χ3n) is 5.21. The second-order valence-electron chi connectivity index (χ2n) is 7.13. The molecule has 1 N–H and O–H groups in total. The SMILES string of the molecule is COc1ccccc1C(=O)Nc1ccc(S(=O)(=O)N2CCN(c3cnccn3)CC2)cc1. The minimum atomic E-state index is -3.64. The quantitative estimate of drug-likeness (QED) is 0.610. The van der Waals surface area contributed by atoms with Gasteiger partial charge in [0.15, 0.2) is 0 Å². The number of aromatic nitrogens is 2. The monoisotopic (exact) mass is 453 g/mol. The summed E-state index contributed by atoms with van der Waals surface area (Å²) < 4.78 is 32.8. The van der Waals surface area contributed by atoms with Gasteiger partial charge in [-0.25, -0.2) is 13.4 Å². The Labute approximate surface area is 186 Å². The van der Waals surface area contributed by atoms with Gasteiger partial charge in [-0.15, -0.1) is 0 Å². The van der Waals surface area contributed by atoms with Crippen LogP contribution in [0, 0.1) is 0 Å². The summed E-state index contributed by atoms with van der Waals surface area (Å²) in [6.07, 6.45) is 4.89. The van der Waals surface area contributed by atoms with Gasteiger partial charge in [0, 0.05) is 44.3 Å². The lowest BCUT2D eigenvalue weighted by Gasteiger charge is -2.34. The molecular weight excluding hydrogens is 430 g/mol. The first kappa shape index (κ1) is 21.7. The summed E-state index contributed by atoms with van der Waals surface area (Å²) in [5, 5.41) is 2.77. The number of methoxy groups -OCH3 is 1. The van der Waals surface area contributed by atoms with Crippen molar-refractivity contribution in [1.82, 2.24) is 14.3 Å². The van der Waals surface area contributed by atoms with Crippen molar-refractivity contribution in [1.29, 1.82) is 0 Å². The van der Waals surface area contributed by atoms with Crippen LogP contribution in [0.4, 0.5) is 11.5 Å². The zero-order valence-electron chi connectivity index (χ0n) is 17.5. The molecule has 1 saturated heterocycles. The van der Waals surface area contributed by atoms with Crippen LogP contribution >= 0.6 is 0 Å². The Morgan fingerprint density at radius 3 is 2.38 bits per heavy atom. The second-order valence-corrected chi connectivity index (χ2v) is 9.07. The molecule has 4 rings (SSSR count). The van der Waals surface area contributed by atoms with Gasteiger partial charge in [-0.1, -0.05) is 12.1 Å². The average Bonchev–Trinajstić information content (AvgIpc) is 2.85. The smallest absolute Gasteiger partial charge is 0.259 e. The first-order chi connectivity index (χ1) is 15.5. The van der Waals surface area contributed by atoms with Crippen LogP contribution in [-0.4, -0.2) is 61.9 Å². The maximum Gasteiger partial charge on any atom is 0.259 e. The predicted octanol–water partition coefficient (Wildman–Crippen LogP) is 2.25. The van der Waals surface area contributed by atoms with Crippen molar-refractivity contribution in [3.63, 3.8) is 0 Å². The highest BCUT2D eigenvalue weighted by atomic mass is 32.2. The fraction of sp³-hybridized carbons (Fsp3) is 0.227. The van der Waals surface area contributed by atoms with Crippen molar-refractivity contribution in [2.24, 2.45) is 0 Å². The summed E-state index contributed by atoms with van der Waals surface area (Å²) in [6.45, 7) is 1.77. The normalized spacial score (nSPS) is 14.7. The number of rotatable bonds is 6. The van der Waals surface area contributed by atoms with Crippen molar-refractivity contribution in [3.05, 3.63) is 72.7 Å². The Balaban J connectivity index is 1.41. The Hall–Kier alpha value is -3.50. The zero-order valence-corrected chi connectivity index (χ0v) is 18.3. The molecule has 10 heteroatoms. The van der Waals surface area contributed by atoms with E-state index in [2.05, 4.69) is 15.3 Å². The maximum atomic E-state index is 13.0. The minimum absolute atomic E-state index is 0.181. The van der Waals surface area contributed by atoms with Gasteiger partial charge >= 0.3 is 0 Å². The number of benzene rings is 2. The summed E-state index contributed by atoms with van der Waals surface area (Å²) in [7, 11) is -2.14. The molecule has 0 spiro atoms. The van der Waals surface area contributed by atoms with Gasteiger partial charge in [-0.2, -0.15) is 4.31 Å². The highest BCUT2D eigenvalue weighted by Gasteiger charge is 2.29. The lowest BCUT2D eigenvalue weighted by Crippen LogP contribution is -2.48. The van der Waals surface area contributed by atoms with E-state index in [1.165, 1.54) is 23.5 Å². The van der Waals surface area contributed by atoms with Crippen LogP contribution in [0.5, 0.6) is 5.75 Å². The van der Waals surface area contributed by atoms with Crippen molar-refractivity contribution < 1.29 is 17.9 Å². The average molecular weight is 454 g/mol. The van der Waals surface area contributed by atoms with Crippen LogP contribution in [0.2, 0.25) is 0 Å². The van der Waals surface area contributed by atoms with Gasteiger partial charge in [-0.05, 0) is 36.4 Å². The zero-order chi connectivity index (χ0) is 22.6. The Morgan fingerprint density at radius 2 is 1.72 bits per heavy atom. The lowest BCUT2D eigenvalue weighted by molar-refractivity contribution is 0.102. The highest BCUT2D eigenvalue weighted by Crippen LogP contribution is 2.23. The van der Waals surface area contributed by atoms with Crippen LogP contribution in [0.3, 0.4) is 0 Å². The molecule has 1 aliphatic rings. The fourth-order valence-corrected chi connectivity index (χ4v) is 4.92. The van der Waals surface area contributed by atoms with E-state index >= 15 is 0 Å². The van der Waals surface area contributed by atoms with Crippen LogP contribution < -0.4 is 15.0 Å². The molecule has 166 valence electrons. The third-order valence-corrected chi connectivity index (χ3v) is 7.13. The molecule has 0 saturated carbocycles. The number of piperazine rings is 1. The Morgan fingerprint density at radius 1 is 1.00 bits per heavy atom. The van der Waals surface area contributed by atoms with E-state index in [1.54, 1.807) is 55.0 Å². The third kappa shape index (κ3) is 4.56. The molecule has 1 fully saturated rings. The second kappa shape index (κ2) is 9.33. The first-order valence-electron chi connectivity index (χ1n) is 10.0. The number of anilines is 2. The largest absolute Gasteiger partial charge is 0.496 e. The van der Waals surface area contributed by atoms with E-state index in [0.29, 0.717) is 43.2 Å². The number of hydrogen-bond acceptors (Lipinski definition) is 7. The molecule has 9 nitrogen and oxygen atoms in total. The molecule has 1 amide bonds. The van der Waals surface area contributed by atoms with Gasteiger partial charge in [-0.3, -0.25) is 9.78 Å². The molecule has 2 heterocycles. The number of amides is 1. The number of carbonyl (C=O) groups is 1. The highest BCUT2D eigenvalue weighted by molar-refractivity contribution is 7.89. The van der Waals surface area contributed by atoms with Gasteiger partial charge in [0.25, 0.3) is 5.91 Å². The van der Waals surface area contributed by atoms with Crippen molar-refractivity contribution >= 4 is 27.4 Å². The van der Waals surface area contributed by atoms with E-state index in [0.717, 1.165) is 5.82 Å². The summed E-state index contributed by atoms with van der Waals surface area (Å²) in [4.78, 5) is 23.1. The summed E-state index contributed by atoms with van der Waals surface area (Å²) in [5.41, 5.74) is 0.889. The molecule has 0 bridgehead atoms. The molecule has 1 aromatic heterocycles. The van der Waals surface area contributed by atoms with Crippen LogP contribution in [0.1, 0.15) is 10.4 Å². The van der Waals surface area contributed by atoms with Crippen LogP contribution in [-0.2, 0) is 10.0 Å². The van der Waals surface area contributed by atoms with Gasteiger partial charge in [0.1, 0.15) is 11.6 Å². The number of hydrogen-bond donors (Lipinski definition) is 1. The molecule has 1 aliphatic heterocycles. The molecule has 0 aliphatic carbocycles. The Bertz CT molecular complexity index is 1180. The topological polar surface area (TPSA) is 105 Å². The summed E-state index contributed by atoms with van der Waals surface area (Å²) >= 11 is 0. The lowest BCUT2D eigenvalue weighted by atomic mass is 10.2. The number of sulfonamides is 1. The van der Waals surface area contributed by atoms with Crippen molar-refractivity contribution in [2.45, 2.75) is 4.90 Å². The van der Waals surface area contributed by atoms with Gasteiger partial charge in [0.05, 0.1) is 23.8 Å². The molecule has 0 radical (unpaired) electrons. The minimum Gasteiger partial charge on any atom is -0.496 e. The molecular formula is C22H23N5O4S. The summed E-state index contributed by atoms with van der Waals surface area (Å²) in [5.74, 6) is 0.864. The van der Waals surface area contributed by atoms with Crippen molar-refractivity contribution in [3.8, 4) is 5.75 Å². The Kier molecular flexibility index (Phi) is 6.33. The van der Waals surface area contributed by atoms with E-state index < -0.39 is 10.0 Å².